The summed E-state index contributed by atoms with van der Waals surface area (Å²) in [5, 5.41) is 14.5. The van der Waals surface area contributed by atoms with Crippen LogP contribution in [-0.2, 0) is 9.59 Å². The molecule has 0 atom stereocenters. The lowest BCUT2D eigenvalue weighted by atomic mass is 9.77. The Bertz CT molecular complexity index is 376. The largest absolute Gasteiger partial charge is 0.480 e. The molecule has 20 heavy (non-hydrogen) atoms. The summed E-state index contributed by atoms with van der Waals surface area (Å²) in [6.07, 6.45) is 3.10. The van der Waals surface area contributed by atoms with Crippen molar-refractivity contribution in [2.75, 3.05) is 6.54 Å². The molecule has 0 unspecified atom stereocenters. The van der Waals surface area contributed by atoms with Crippen LogP contribution in [0.3, 0.4) is 0 Å². The molecule has 1 aliphatic rings. The van der Waals surface area contributed by atoms with E-state index >= 15 is 0 Å². The molecular weight excluding hydrogens is 262 g/mol. The number of aliphatic carboxylic acids is 1. The Morgan fingerprint density at radius 1 is 1.30 bits per heavy atom. The van der Waals surface area contributed by atoms with Gasteiger partial charge in [-0.2, -0.15) is 0 Å². The van der Waals surface area contributed by atoms with Gasteiger partial charge in [0.15, 0.2) is 0 Å². The number of amides is 3. The highest BCUT2D eigenvalue weighted by molar-refractivity contribution is 5.86. The molecule has 7 nitrogen and oxygen atoms in total. The minimum atomic E-state index is -1.17. The Morgan fingerprint density at radius 2 is 1.90 bits per heavy atom. The molecule has 1 aliphatic carbocycles. The first-order valence-electron chi connectivity index (χ1n) is 6.93. The third-order valence-corrected chi connectivity index (χ3v) is 3.78. The summed E-state index contributed by atoms with van der Waals surface area (Å²) in [6.45, 7) is 2.37. The highest BCUT2D eigenvalue weighted by atomic mass is 16.4. The van der Waals surface area contributed by atoms with Crippen molar-refractivity contribution in [3.63, 3.8) is 0 Å². The molecule has 0 saturated heterocycles. The highest BCUT2D eigenvalue weighted by Gasteiger charge is 2.42. The maximum atomic E-state index is 11.7. The second kappa shape index (κ2) is 7.12. The number of rotatable bonds is 6. The monoisotopic (exact) mass is 285 g/mol. The Balaban J connectivity index is 2.44. The third kappa shape index (κ3) is 4.71. The van der Waals surface area contributed by atoms with Gasteiger partial charge >= 0.3 is 12.0 Å². The van der Waals surface area contributed by atoms with Crippen molar-refractivity contribution in [1.29, 1.82) is 0 Å². The number of hydrogen-bond donors (Lipinski definition) is 4. The Hall–Kier alpha value is -1.79. The second-order valence-electron chi connectivity index (χ2n) is 5.52. The van der Waals surface area contributed by atoms with Crippen molar-refractivity contribution in [2.24, 2.45) is 11.7 Å². The molecule has 5 N–H and O–H groups in total. The van der Waals surface area contributed by atoms with Crippen LogP contribution in [-0.4, -0.2) is 35.1 Å². The van der Waals surface area contributed by atoms with Gasteiger partial charge in [0, 0.05) is 13.0 Å². The van der Waals surface area contributed by atoms with Crippen LogP contribution in [0.1, 0.15) is 45.4 Å². The molecule has 0 spiro atoms. The molecular formula is C13H23N3O4. The van der Waals surface area contributed by atoms with Crippen molar-refractivity contribution in [1.82, 2.24) is 10.6 Å². The fourth-order valence-electron chi connectivity index (χ4n) is 2.37. The number of nitrogens with one attached hydrogen (secondary N) is 2. The Morgan fingerprint density at radius 3 is 2.40 bits per heavy atom. The first-order chi connectivity index (χ1) is 9.35. The molecule has 7 heteroatoms. The van der Waals surface area contributed by atoms with Gasteiger partial charge in [-0.15, -0.1) is 0 Å². The van der Waals surface area contributed by atoms with Crippen LogP contribution in [0.25, 0.3) is 0 Å². The van der Waals surface area contributed by atoms with Crippen molar-refractivity contribution < 1.29 is 19.5 Å². The first-order valence-corrected chi connectivity index (χ1v) is 6.93. The molecule has 0 heterocycles. The molecule has 0 aromatic rings. The smallest absolute Gasteiger partial charge is 0.329 e. The topological polar surface area (TPSA) is 122 Å². The SMILES string of the molecule is CC1CCC(NC(=O)NCCCC(N)=O)(C(=O)O)CC1. The second-order valence-corrected chi connectivity index (χ2v) is 5.52. The zero-order valence-electron chi connectivity index (χ0n) is 11.8. The molecule has 114 valence electrons. The Labute approximate surface area is 118 Å². The molecule has 0 aromatic carbocycles. The minimum Gasteiger partial charge on any atom is -0.480 e. The van der Waals surface area contributed by atoms with E-state index in [4.69, 9.17) is 5.73 Å². The van der Waals surface area contributed by atoms with E-state index in [0.717, 1.165) is 12.8 Å². The van der Waals surface area contributed by atoms with E-state index in [0.29, 0.717) is 31.7 Å². The fraction of sp³-hybridized carbons (Fsp3) is 0.769. The van der Waals surface area contributed by atoms with E-state index in [1.165, 1.54) is 0 Å². The number of hydrogen-bond acceptors (Lipinski definition) is 3. The average Bonchev–Trinajstić information content (AvgIpc) is 2.37. The van der Waals surface area contributed by atoms with E-state index in [1.807, 2.05) is 0 Å². The van der Waals surface area contributed by atoms with Crippen LogP contribution in [0.15, 0.2) is 0 Å². The number of nitrogens with two attached hydrogens (primary N) is 1. The Kier molecular flexibility index (Phi) is 5.79. The lowest BCUT2D eigenvalue weighted by molar-refractivity contribution is -0.146. The number of primary amides is 1. The quantitative estimate of drug-likeness (QED) is 0.533. The van der Waals surface area contributed by atoms with E-state index in [2.05, 4.69) is 17.6 Å². The minimum absolute atomic E-state index is 0.196. The summed E-state index contributed by atoms with van der Waals surface area (Å²) in [5.74, 6) is -0.921. The summed E-state index contributed by atoms with van der Waals surface area (Å²) in [6, 6.07) is -0.508. The summed E-state index contributed by atoms with van der Waals surface area (Å²) >= 11 is 0. The van der Waals surface area contributed by atoms with Gasteiger partial charge in [-0.1, -0.05) is 6.92 Å². The van der Waals surface area contributed by atoms with Crippen LogP contribution in [0.5, 0.6) is 0 Å². The van der Waals surface area contributed by atoms with Crippen LogP contribution in [0.2, 0.25) is 0 Å². The number of carbonyl (C=O) groups is 3. The van der Waals surface area contributed by atoms with Gasteiger partial charge in [-0.25, -0.2) is 9.59 Å². The standard InChI is InChI=1S/C13H23N3O4/c1-9-4-6-13(7-5-9,11(18)19)16-12(20)15-8-2-3-10(14)17/h9H,2-8H2,1H3,(H2,14,17)(H,18,19)(H2,15,16,20). The van der Waals surface area contributed by atoms with Crippen molar-refractivity contribution in [3.8, 4) is 0 Å². The van der Waals surface area contributed by atoms with Crippen molar-refractivity contribution >= 4 is 17.9 Å². The lowest BCUT2D eigenvalue weighted by Crippen LogP contribution is -2.58. The summed E-state index contributed by atoms with van der Waals surface area (Å²) < 4.78 is 0. The van der Waals surface area contributed by atoms with Crippen LogP contribution in [0, 0.1) is 5.92 Å². The van der Waals surface area contributed by atoms with Crippen LogP contribution >= 0.6 is 0 Å². The predicted molar refractivity (Wildman–Crippen MR) is 73.0 cm³/mol. The number of carboxylic acids is 1. The van der Waals surface area contributed by atoms with E-state index in [9.17, 15) is 19.5 Å². The summed E-state index contributed by atoms with van der Waals surface area (Å²) in [7, 11) is 0. The van der Waals surface area contributed by atoms with Gasteiger partial charge in [0.25, 0.3) is 0 Å². The number of carbonyl (C=O) groups excluding carboxylic acids is 2. The van der Waals surface area contributed by atoms with Crippen LogP contribution < -0.4 is 16.4 Å². The molecule has 0 radical (unpaired) electrons. The predicted octanol–water partition coefficient (Wildman–Crippen LogP) is 0.585. The third-order valence-electron chi connectivity index (χ3n) is 3.78. The molecule has 0 aliphatic heterocycles. The van der Waals surface area contributed by atoms with E-state index < -0.39 is 23.4 Å². The lowest BCUT2D eigenvalue weighted by Gasteiger charge is -2.36. The molecule has 3 amide bonds. The number of carboxylic acid groups (broad SMARTS) is 1. The molecule has 1 fully saturated rings. The van der Waals surface area contributed by atoms with E-state index in [1.54, 1.807) is 0 Å². The fourth-order valence-corrected chi connectivity index (χ4v) is 2.37. The normalized spacial score (nSPS) is 25.8. The van der Waals surface area contributed by atoms with Gasteiger partial charge in [0.1, 0.15) is 5.54 Å². The molecule has 1 saturated carbocycles. The van der Waals surface area contributed by atoms with Crippen LogP contribution in [0.4, 0.5) is 4.79 Å². The van der Waals surface area contributed by atoms with Gasteiger partial charge < -0.3 is 21.5 Å². The highest BCUT2D eigenvalue weighted by Crippen LogP contribution is 2.32. The van der Waals surface area contributed by atoms with Gasteiger partial charge in [-0.3, -0.25) is 4.79 Å². The average molecular weight is 285 g/mol. The van der Waals surface area contributed by atoms with E-state index in [-0.39, 0.29) is 6.42 Å². The summed E-state index contributed by atoms with van der Waals surface area (Å²) in [5.41, 5.74) is 3.82. The van der Waals surface area contributed by atoms with Crippen molar-refractivity contribution in [3.05, 3.63) is 0 Å². The maximum absolute atomic E-state index is 11.7. The van der Waals surface area contributed by atoms with Crippen molar-refractivity contribution in [2.45, 2.75) is 51.0 Å². The number of urea groups is 1. The van der Waals surface area contributed by atoms with Gasteiger partial charge in [0.2, 0.25) is 5.91 Å². The zero-order chi connectivity index (χ0) is 15.2. The zero-order valence-corrected chi connectivity index (χ0v) is 11.8. The maximum Gasteiger partial charge on any atom is 0.329 e. The first kappa shape index (κ1) is 16.3. The van der Waals surface area contributed by atoms with Gasteiger partial charge in [-0.05, 0) is 38.0 Å². The molecule has 0 bridgehead atoms. The molecule has 1 rings (SSSR count). The van der Waals surface area contributed by atoms with Gasteiger partial charge in [0.05, 0.1) is 0 Å². The summed E-state index contributed by atoms with van der Waals surface area (Å²) in [4.78, 5) is 33.7. The molecule has 0 aromatic heterocycles.